The number of nitrogens with zero attached hydrogens (tertiary/aromatic N) is 3. The second kappa shape index (κ2) is 13.0. The van der Waals surface area contributed by atoms with Crippen LogP contribution in [0.15, 0.2) is 52.1 Å². The molecule has 0 bridgehead atoms. The van der Waals surface area contributed by atoms with Crippen LogP contribution < -0.4 is 10.6 Å². The zero-order valence-corrected chi connectivity index (χ0v) is 20.8. The van der Waals surface area contributed by atoms with Crippen LogP contribution in [0.2, 0.25) is 0 Å². The number of aliphatic imine (C=N–C) groups is 1. The first kappa shape index (κ1) is 24.7. The fourth-order valence-corrected chi connectivity index (χ4v) is 3.76. The highest BCUT2D eigenvalue weighted by Gasteiger charge is 2.25. The molecule has 0 saturated carbocycles. The maximum atomic E-state index is 5.72. The van der Waals surface area contributed by atoms with Crippen molar-refractivity contribution in [2.24, 2.45) is 4.99 Å². The highest BCUT2D eigenvalue weighted by Crippen LogP contribution is 2.24. The van der Waals surface area contributed by atoms with Crippen LogP contribution in [-0.2, 0) is 13.1 Å². The second-order valence-electron chi connectivity index (χ2n) is 7.90. The van der Waals surface area contributed by atoms with Gasteiger partial charge >= 0.3 is 0 Å². The van der Waals surface area contributed by atoms with E-state index < -0.39 is 0 Å². The molecular formula is C23H36IN5O. The minimum Gasteiger partial charge on any atom is -0.468 e. The number of rotatable bonds is 9. The first-order chi connectivity index (χ1) is 14.2. The molecule has 0 amide bonds. The molecule has 1 aromatic heterocycles. The minimum absolute atomic E-state index is 0. The summed E-state index contributed by atoms with van der Waals surface area (Å²) in [5.41, 5.74) is 2.53. The Bertz CT molecular complexity index is 739. The van der Waals surface area contributed by atoms with Gasteiger partial charge in [0.25, 0.3) is 0 Å². The summed E-state index contributed by atoms with van der Waals surface area (Å²) < 4.78 is 5.72. The first-order valence-corrected chi connectivity index (χ1v) is 10.7. The van der Waals surface area contributed by atoms with Crippen molar-refractivity contribution in [1.82, 2.24) is 20.4 Å². The van der Waals surface area contributed by atoms with Crippen LogP contribution in [0.1, 0.15) is 42.7 Å². The summed E-state index contributed by atoms with van der Waals surface area (Å²) >= 11 is 0. The summed E-state index contributed by atoms with van der Waals surface area (Å²) in [6.45, 7) is 7.58. The van der Waals surface area contributed by atoms with E-state index in [0.717, 1.165) is 44.4 Å². The summed E-state index contributed by atoms with van der Waals surface area (Å²) in [5.74, 6) is 1.87. The Labute approximate surface area is 198 Å². The molecule has 1 fully saturated rings. The molecule has 7 heteroatoms. The Hall–Kier alpha value is -1.58. The lowest BCUT2D eigenvalue weighted by molar-refractivity contribution is 0.215. The number of hydrogen-bond acceptors (Lipinski definition) is 4. The minimum atomic E-state index is 0. The van der Waals surface area contributed by atoms with Gasteiger partial charge in [-0.1, -0.05) is 24.3 Å². The standard InChI is InChI=1S/C23H35N5O.HI/c1-4-24-23(25-16-19-9-11-20(12-10-19)18-27(2)3)26-17-21(22-8-7-15-29-22)28-13-5-6-14-28;/h7-12,15,21H,4-6,13-14,16-18H2,1-3H3,(H2,24,25,26);1H. The van der Waals surface area contributed by atoms with Crippen LogP contribution in [0.5, 0.6) is 0 Å². The van der Waals surface area contributed by atoms with Gasteiger partial charge in [0.05, 0.1) is 18.8 Å². The van der Waals surface area contributed by atoms with Gasteiger partial charge in [0, 0.05) is 19.6 Å². The fraction of sp³-hybridized carbons (Fsp3) is 0.522. The van der Waals surface area contributed by atoms with Crippen molar-refractivity contribution in [3.05, 3.63) is 59.5 Å². The van der Waals surface area contributed by atoms with Crippen molar-refractivity contribution in [3.63, 3.8) is 0 Å². The van der Waals surface area contributed by atoms with Crippen molar-refractivity contribution >= 4 is 29.9 Å². The van der Waals surface area contributed by atoms with Crippen LogP contribution >= 0.6 is 24.0 Å². The van der Waals surface area contributed by atoms with E-state index in [9.17, 15) is 0 Å². The second-order valence-corrected chi connectivity index (χ2v) is 7.90. The molecule has 1 aliphatic rings. The molecule has 0 radical (unpaired) electrons. The van der Waals surface area contributed by atoms with E-state index in [2.05, 4.69) is 71.8 Å². The number of furan rings is 1. The Morgan fingerprint density at radius 3 is 2.40 bits per heavy atom. The summed E-state index contributed by atoms with van der Waals surface area (Å²) in [6, 6.07) is 13.0. The average molecular weight is 525 g/mol. The average Bonchev–Trinajstić information content (AvgIpc) is 3.42. The highest BCUT2D eigenvalue weighted by molar-refractivity contribution is 14.0. The first-order valence-electron chi connectivity index (χ1n) is 10.7. The molecule has 1 unspecified atom stereocenters. The quantitative estimate of drug-likeness (QED) is 0.296. The molecule has 2 aromatic rings. The van der Waals surface area contributed by atoms with Crippen molar-refractivity contribution in [2.75, 3.05) is 40.3 Å². The highest BCUT2D eigenvalue weighted by atomic mass is 127. The number of guanidine groups is 1. The molecule has 0 aliphatic carbocycles. The third kappa shape index (κ3) is 7.59. The third-order valence-electron chi connectivity index (χ3n) is 5.20. The maximum Gasteiger partial charge on any atom is 0.191 e. The molecule has 2 heterocycles. The lowest BCUT2D eigenvalue weighted by Gasteiger charge is -2.26. The third-order valence-corrected chi connectivity index (χ3v) is 5.20. The molecule has 1 aliphatic heterocycles. The summed E-state index contributed by atoms with van der Waals surface area (Å²) in [7, 11) is 4.18. The van der Waals surface area contributed by atoms with E-state index in [1.54, 1.807) is 6.26 Å². The maximum absolute atomic E-state index is 5.72. The molecule has 6 nitrogen and oxygen atoms in total. The number of likely N-dealkylation sites (tertiary alicyclic amines) is 1. The van der Waals surface area contributed by atoms with Gasteiger partial charge in [0.2, 0.25) is 0 Å². The molecule has 2 N–H and O–H groups in total. The molecule has 166 valence electrons. The van der Waals surface area contributed by atoms with Crippen LogP contribution in [0, 0.1) is 0 Å². The predicted molar refractivity (Wildman–Crippen MR) is 134 cm³/mol. The number of halogens is 1. The SMILES string of the molecule is CCNC(=NCc1ccc(CN(C)C)cc1)NCC(c1ccco1)N1CCCC1.I. The van der Waals surface area contributed by atoms with Crippen molar-refractivity contribution in [2.45, 2.75) is 38.9 Å². The zero-order valence-electron chi connectivity index (χ0n) is 18.4. The number of benzene rings is 1. The van der Waals surface area contributed by atoms with Gasteiger partial charge < -0.3 is 20.0 Å². The van der Waals surface area contributed by atoms with Gasteiger partial charge in [-0.05, 0) is 70.2 Å². The molecule has 0 spiro atoms. The van der Waals surface area contributed by atoms with E-state index >= 15 is 0 Å². The van der Waals surface area contributed by atoms with Crippen molar-refractivity contribution in [1.29, 1.82) is 0 Å². The predicted octanol–water partition coefficient (Wildman–Crippen LogP) is 3.85. The summed E-state index contributed by atoms with van der Waals surface area (Å²) in [6.07, 6.45) is 4.28. The number of hydrogen-bond donors (Lipinski definition) is 2. The fourth-order valence-electron chi connectivity index (χ4n) is 3.76. The monoisotopic (exact) mass is 525 g/mol. The Morgan fingerprint density at radius 2 is 1.80 bits per heavy atom. The van der Waals surface area contributed by atoms with Gasteiger partial charge in [-0.3, -0.25) is 4.90 Å². The normalized spacial score (nSPS) is 15.8. The topological polar surface area (TPSA) is 56.0 Å². The molecule has 1 atom stereocenters. The van der Waals surface area contributed by atoms with E-state index in [1.807, 2.05) is 6.07 Å². The zero-order chi connectivity index (χ0) is 20.5. The Balaban J connectivity index is 0.00000320. The van der Waals surface area contributed by atoms with E-state index in [1.165, 1.54) is 24.0 Å². The van der Waals surface area contributed by atoms with Crippen LogP contribution in [0.3, 0.4) is 0 Å². The smallest absolute Gasteiger partial charge is 0.191 e. The van der Waals surface area contributed by atoms with Gasteiger partial charge in [-0.25, -0.2) is 4.99 Å². The lowest BCUT2D eigenvalue weighted by atomic mass is 10.1. The number of nitrogens with one attached hydrogen (secondary N) is 2. The van der Waals surface area contributed by atoms with Gasteiger partial charge in [0.15, 0.2) is 5.96 Å². The Morgan fingerprint density at radius 1 is 1.10 bits per heavy atom. The molecular weight excluding hydrogens is 489 g/mol. The van der Waals surface area contributed by atoms with E-state index in [-0.39, 0.29) is 30.0 Å². The van der Waals surface area contributed by atoms with Crippen LogP contribution in [0.25, 0.3) is 0 Å². The van der Waals surface area contributed by atoms with Gasteiger partial charge in [0.1, 0.15) is 5.76 Å². The Kier molecular flexibility index (Phi) is 10.7. The van der Waals surface area contributed by atoms with Gasteiger partial charge in [-0.2, -0.15) is 0 Å². The van der Waals surface area contributed by atoms with E-state index in [0.29, 0.717) is 6.54 Å². The van der Waals surface area contributed by atoms with Crippen molar-refractivity contribution in [3.8, 4) is 0 Å². The molecule has 1 aromatic carbocycles. The molecule has 30 heavy (non-hydrogen) atoms. The summed E-state index contributed by atoms with van der Waals surface area (Å²) in [5, 5.41) is 6.89. The van der Waals surface area contributed by atoms with Crippen LogP contribution in [-0.4, -0.2) is 56.0 Å². The van der Waals surface area contributed by atoms with E-state index in [4.69, 9.17) is 9.41 Å². The lowest BCUT2D eigenvalue weighted by Crippen LogP contribution is -2.42. The van der Waals surface area contributed by atoms with Gasteiger partial charge in [-0.15, -0.1) is 24.0 Å². The summed E-state index contributed by atoms with van der Waals surface area (Å²) in [4.78, 5) is 9.46. The molecule has 1 saturated heterocycles. The largest absolute Gasteiger partial charge is 0.468 e. The van der Waals surface area contributed by atoms with Crippen LogP contribution in [0.4, 0.5) is 0 Å². The molecule has 3 rings (SSSR count). The van der Waals surface area contributed by atoms with Crippen molar-refractivity contribution < 1.29 is 4.42 Å².